The number of hydrogen-bond donors (Lipinski definition) is 2. The Labute approximate surface area is 120 Å². The molecule has 4 nitrogen and oxygen atoms in total. The van der Waals surface area contributed by atoms with E-state index in [1.165, 1.54) is 13.0 Å². The van der Waals surface area contributed by atoms with Gasteiger partial charge in [-0.15, -0.1) is 0 Å². The number of nitrogens with two attached hydrogens (primary N) is 1. The van der Waals surface area contributed by atoms with Crippen molar-refractivity contribution >= 4 is 17.3 Å². The van der Waals surface area contributed by atoms with E-state index >= 15 is 0 Å². The number of nitrogen functional groups attached to an aromatic ring is 1. The lowest BCUT2D eigenvalue weighted by molar-refractivity contribution is -0.146. The Bertz CT molecular complexity index is 531. The van der Waals surface area contributed by atoms with Crippen molar-refractivity contribution < 1.29 is 22.7 Å². The number of carbonyl (C=O) groups excluding carboxylic acids is 1. The molecule has 0 amide bonds. The first-order chi connectivity index (χ1) is 9.77. The highest BCUT2D eigenvalue weighted by Gasteiger charge is 2.32. The fourth-order valence-corrected chi connectivity index (χ4v) is 2.52. The van der Waals surface area contributed by atoms with Crippen LogP contribution in [0.15, 0.2) is 18.2 Å². The molecule has 0 heterocycles. The summed E-state index contributed by atoms with van der Waals surface area (Å²) in [5, 5.41) is 3.07. The monoisotopic (exact) mass is 302 g/mol. The Kier molecular flexibility index (Phi) is 4.29. The van der Waals surface area contributed by atoms with Crippen molar-refractivity contribution in [3.05, 3.63) is 23.8 Å². The van der Waals surface area contributed by atoms with E-state index in [0.717, 1.165) is 31.4 Å². The summed E-state index contributed by atoms with van der Waals surface area (Å²) < 4.78 is 42.9. The van der Waals surface area contributed by atoms with E-state index in [9.17, 15) is 18.0 Å². The number of nitrogens with one attached hydrogen (secondary N) is 1. The van der Waals surface area contributed by atoms with E-state index in [1.807, 2.05) is 0 Å². The average Bonchev–Trinajstić information content (AvgIpc) is 2.77. The molecule has 1 aromatic carbocycles. The van der Waals surface area contributed by atoms with Crippen molar-refractivity contribution in [2.24, 2.45) is 0 Å². The number of rotatable bonds is 3. The highest BCUT2D eigenvalue weighted by Crippen LogP contribution is 2.34. The lowest BCUT2D eigenvalue weighted by Crippen LogP contribution is -2.32. The molecule has 2 unspecified atom stereocenters. The van der Waals surface area contributed by atoms with Gasteiger partial charge in [-0.25, -0.2) is 0 Å². The maximum Gasteiger partial charge on any atom is 0.416 e. The minimum atomic E-state index is -4.42. The molecule has 0 radical (unpaired) electrons. The smallest absolute Gasteiger partial charge is 0.416 e. The van der Waals surface area contributed by atoms with Crippen molar-refractivity contribution in [3.8, 4) is 0 Å². The summed E-state index contributed by atoms with van der Waals surface area (Å²) in [6, 6.07) is 3.06. The maximum atomic E-state index is 12.6. The van der Waals surface area contributed by atoms with Gasteiger partial charge in [0.05, 0.1) is 23.0 Å². The summed E-state index contributed by atoms with van der Waals surface area (Å²) in [5.41, 5.74) is 5.34. The zero-order chi connectivity index (χ0) is 15.6. The SMILES string of the molecule is CC(=O)OC1CCCC1Nc1ccc(C(F)(F)F)cc1N. The van der Waals surface area contributed by atoms with Crippen LogP contribution in [-0.2, 0) is 15.7 Å². The van der Waals surface area contributed by atoms with E-state index in [0.29, 0.717) is 5.69 Å². The van der Waals surface area contributed by atoms with Crippen molar-refractivity contribution in [1.82, 2.24) is 0 Å². The van der Waals surface area contributed by atoms with Gasteiger partial charge in [-0.1, -0.05) is 0 Å². The van der Waals surface area contributed by atoms with Crippen LogP contribution in [0.3, 0.4) is 0 Å². The van der Waals surface area contributed by atoms with Crippen LogP contribution in [0.5, 0.6) is 0 Å². The highest BCUT2D eigenvalue weighted by atomic mass is 19.4. The molecule has 1 aromatic rings. The van der Waals surface area contributed by atoms with Gasteiger partial charge in [0, 0.05) is 6.92 Å². The van der Waals surface area contributed by atoms with E-state index in [-0.39, 0.29) is 23.8 Å². The first-order valence-corrected chi connectivity index (χ1v) is 6.68. The summed E-state index contributed by atoms with van der Waals surface area (Å²) in [6.07, 6.45) is -2.30. The summed E-state index contributed by atoms with van der Waals surface area (Å²) in [6.45, 7) is 1.34. The summed E-state index contributed by atoms with van der Waals surface area (Å²) in [5.74, 6) is -0.367. The van der Waals surface area contributed by atoms with Crippen molar-refractivity contribution in [2.75, 3.05) is 11.1 Å². The van der Waals surface area contributed by atoms with Gasteiger partial charge in [0.15, 0.2) is 0 Å². The number of anilines is 2. The van der Waals surface area contributed by atoms with Gasteiger partial charge in [0.25, 0.3) is 0 Å². The van der Waals surface area contributed by atoms with Crippen molar-refractivity contribution in [2.45, 2.75) is 44.5 Å². The molecule has 2 atom stereocenters. The Hall–Kier alpha value is -1.92. The van der Waals surface area contributed by atoms with Crippen molar-refractivity contribution in [1.29, 1.82) is 0 Å². The fourth-order valence-electron chi connectivity index (χ4n) is 2.52. The van der Waals surface area contributed by atoms with Gasteiger partial charge in [-0.2, -0.15) is 13.2 Å². The molecule has 0 saturated heterocycles. The summed E-state index contributed by atoms with van der Waals surface area (Å²) in [4.78, 5) is 11.0. The number of alkyl halides is 3. The number of halogens is 3. The van der Waals surface area contributed by atoms with Gasteiger partial charge in [0.2, 0.25) is 0 Å². The van der Waals surface area contributed by atoms with Crippen molar-refractivity contribution in [3.63, 3.8) is 0 Å². The van der Waals surface area contributed by atoms with Crippen LogP contribution >= 0.6 is 0 Å². The Morgan fingerprint density at radius 1 is 1.38 bits per heavy atom. The molecule has 1 aliphatic carbocycles. The molecule has 7 heteroatoms. The normalized spacial score (nSPS) is 22.1. The zero-order valence-electron chi connectivity index (χ0n) is 11.5. The van der Waals surface area contributed by atoms with Crippen LogP contribution in [0.25, 0.3) is 0 Å². The first kappa shape index (κ1) is 15.5. The number of esters is 1. The molecule has 0 aliphatic heterocycles. The summed E-state index contributed by atoms with van der Waals surface area (Å²) in [7, 11) is 0. The number of carbonyl (C=O) groups is 1. The van der Waals surface area contributed by atoms with Crippen LogP contribution in [0.4, 0.5) is 24.5 Å². The molecule has 2 rings (SSSR count). The third kappa shape index (κ3) is 3.80. The van der Waals surface area contributed by atoms with Crippen LogP contribution in [0, 0.1) is 0 Å². The third-order valence-corrected chi connectivity index (χ3v) is 3.49. The maximum absolute atomic E-state index is 12.6. The first-order valence-electron chi connectivity index (χ1n) is 6.68. The highest BCUT2D eigenvalue weighted by molar-refractivity contribution is 5.68. The molecule has 3 N–H and O–H groups in total. The summed E-state index contributed by atoms with van der Waals surface area (Å²) >= 11 is 0. The third-order valence-electron chi connectivity index (χ3n) is 3.49. The second-order valence-corrected chi connectivity index (χ2v) is 5.13. The number of benzene rings is 1. The lowest BCUT2D eigenvalue weighted by atomic mass is 10.1. The standard InChI is InChI=1S/C14H17F3N2O2/c1-8(20)21-13-4-2-3-12(13)19-11-6-5-9(7-10(11)18)14(15,16)17/h5-7,12-13,19H,2-4,18H2,1H3. The second-order valence-electron chi connectivity index (χ2n) is 5.13. The van der Waals surface area contributed by atoms with Gasteiger partial charge < -0.3 is 15.8 Å². The predicted octanol–water partition coefficient (Wildman–Crippen LogP) is 3.18. The Morgan fingerprint density at radius 2 is 2.10 bits per heavy atom. The van der Waals surface area contributed by atoms with Gasteiger partial charge in [-0.3, -0.25) is 4.79 Å². The molecule has 1 fully saturated rings. The molecule has 21 heavy (non-hydrogen) atoms. The van der Waals surface area contributed by atoms with Gasteiger partial charge in [-0.05, 0) is 37.5 Å². The van der Waals surface area contributed by atoms with Gasteiger partial charge in [0.1, 0.15) is 6.10 Å². The quantitative estimate of drug-likeness (QED) is 0.665. The zero-order valence-corrected chi connectivity index (χ0v) is 11.5. The molecular weight excluding hydrogens is 285 g/mol. The van der Waals surface area contributed by atoms with E-state index in [4.69, 9.17) is 10.5 Å². The minimum absolute atomic E-state index is 0.0262. The van der Waals surface area contributed by atoms with E-state index < -0.39 is 11.7 Å². The molecule has 0 spiro atoms. The van der Waals surface area contributed by atoms with E-state index in [2.05, 4.69) is 5.32 Å². The second kappa shape index (κ2) is 5.83. The van der Waals surface area contributed by atoms with Crippen LogP contribution < -0.4 is 11.1 Å². The van der Waals surface area contributed by atoms with Crippen LogP contribution in [0.1, 0.15) is 31.7 Å². The largest absolute Gasteiger partial charge is 0.460 e. The van der Waals surface area contributed by atoms with Crippen LogP contribution in [0.2, 0.25) is 0 Å². The predicted molar refractivity (Wildman–Crippen MR) is 72.7 cm³/mol. The molecule has 1 aliphatic rings. The molecule has 0 bridgehead atoms. The van der Waals surface area contributed by atoms with Gasteiger partial charge >= 0.3 is 12.1 Å². The van der Waals surface area contributed by atoms with E-state index in [1.54, 1.807) is 0 Å². The Morgan fingerprint density at radius 3 is 2.67 bits per heavy atom. The Balaban J connectivity index is 2.11. The number of hydrogen-bond acceptors (Lipinski definition) is 4. The van der Waals surface area contributed by atoms with Crippen LogP contribution in [-0.4, -0.2) is 18.1 Å². The average molecular weight is 302 g/mol. The lowest BCUT2D eigenvalue weighted by Gasteiger charge is -2.23. The molecule has 0 aromatic heterocycles. The molecular formula is C14H17F3N2O2. The molecule has 1 saturated carbocycles. The topological polar surface area (TPSA) is 64.3 Å². The number of ether oxygens (including phenoxy) is 1. The fraction of sp³-hybridized carbons (Fsp3) is 0.500. The molecule has 116 valence electrons. The minimum Gasteiger partial charge on any atom is -0.460 e.